The highest BCUT2D eigenvalue weighted by Crippen LogP contribution is 2.34. The minimum atomic E-state index is -0.978. The minimum absolute atomic E-state index is 0.332. The van der Waals surface area contributed by atoms with Gasteiger partial charge < -0.3 is 14.7 Å². The van der Waals surface area contributed by atoms with Crippen molar-refractivity contribution in [2.45, 2.75) is 19.3 Å². The molecule has 0 unspecified atom stereocenters. The topological polar surface area (TPSA) is 81.0 Å². The van der Waals surface area contributed by atoms with Crippen LogP contribution in [-0.2, 0) is 16.1 Å². The first kappa shape index (κ1) is 22.7. The van der Waals surface area contributed by atoms with Gasteiger partial charge in [-0.25, -0.2) is 4.79 Å². The van der Waals surface area contributed by atoms with Gasteiger partial charge in [-0.15, -0.1) is 0 Å². The Bertz CT molecular complexity index is 1010. The minimum Gasteiger partial charge on any atom is -0.482 e. The molecule has 0 radical (unpaired) electrons. The Morgan fingerprint density at radius 1 is 1.06 bits per heavy atom. The van der Waals surface area contributed by atoms with E-state index in [1.165, 1.54) is 5.57 Å². The number of hydrogen-bond acceptors (Lipinski definition) is 5. The third-order valence-corrected chi connectivity index (χ3v) is 4.71. The lowest BCUT2D eigenvalue weighted by molar-refractivity contribution is -0.139. The van der Waals surface area contributed by atoms with Crippen molar-refractivity contribution in [3.05, 3.63) is 102 Å². The highest BCUT2D eigenvalue weighted by Gasteiger charge is 2.17. The molecule has 1 heterocycles. The molecule has 6 heteroatoms. The standard InChI is InChI=1S/C20H20N2O4.C6H6/c23-20(24)14-25-19-8-2-6-17-16(5-1-7-18(17)19)9-11-26-22-13-15-4-3-10-21-12-15;1-2-4-6-5-3-1/h2-6,8,10,12-13H,1,7,9,11,14H2,(H,23,24);1-6H/b22-13+;. The Kier molecular flexibility index (Phi) is 9.02. The monoisotopic (exact) mass is 430 g/mol. The quantitative estimate of drug-likeness (QED) is 0.309. The molecule has 1 aromatic heterocycles. The lowest BCUT2D eigenvalue weighted by Gasteiger charge is -2.20. The van der Waals surface area contributed by atoms with Gasteiger partial charge in [0.25, 0.3) is 0 Å². The Morgan fingerprint density at radius 2 is 1.84 bits per heavy atom. The van der Waals surface area contributed by atoms with Crippen LogP contribution >= 0.6 is 0 Å². The van der Waals surface area contributed by atoms with Crippen LogP contribution in [0.1, 0.15) is 29.5 Å². The molecule has 0 atom stereocenters. The van der Waals surface area contributed by atoms with Crippen LogP contribution < -0.4 is 4.74 Å². The van der Waals surface area contributed by atoms with Crippen LogP contribution in [0.3, 0.4) is 0 Å². The average molecular weight is 431 g/mol. The van der Waals surface area contributed by atoms with Gasteiger partial charge in [-0.05, 0) is 36.1 Å². The van der Waals surface area contributed by atoms with Gasteiger partial charge in [0.1, 0.15) is 12.4 Å². The molecule has 0 amide bonds. The number of ether oxygens (including phenoxy) is 1. The predicted octanol–water partition coefficient (Wildman–Crippen LogP) is 5.00. The molecule has 1 N–H and O–H groups in total. The summed E-state index contributed by atoms with van der Waals surface area (Å²) < 4.78 is 5.42. The molecule has 0 fully saturated rings. The molecule has 164 valence electrons. The maximum Gasteiger partial charge on any atom is 0.341 e. The number of fused-ring (bicyclic) bond motifs is 1. The Morgan fingerprint density at radius 3 is 2.53 bits per heavy atom. The van der Waals surface area contributed by atoms with Gasteiger partial charge in [0.2, 0.25) is 0 Å². The van der Waals surface area contributed by atoms with Crippen LogP contribution in [0.2, 0.25) is 0 Å². The number of nitrogens with zero attached hydrogens (tertiary/aromatic N) is 2. The molecule has 1 aliphatic rings. The molecule has 32 heavy (non-hydrogen) atoms. The van der Waals surface area contributed by atoms with E-state index in [1.54, 1.807) is 18.6 Å². The largest absolute Gasteiger partial charge is 0.482 e. The van der Waals surface area contributed by atoms with Crippen molar-refractivity contribution in [3.8, 4) is 5.75 Å². The molecular formula is C26H26N2O4. The number of pyridine rings is 1. The second-order valence-corrected chi connectivity index (χ2v) is 6.99. The van der Waals surface area contributed by atoms with Crippen LogP contribution in [0.5, 0.6) is 5.75 Å². The zero-order valence-electron chi connectivity index (χ0n) is 17.8. The van der Waals surface area contributed by atoms with E-state index in [4.69, 9.17) is 14.7 Å². The van der Waals surface area contributed by atoms with E-state index < -0.39 is 5.97 Å². The zero-order valence-corrected chi connectivity index (χ0v) is 17.8. The van der Waals surface area contributed by atoms with Crippen molar-refractivity contribution in [1.29, 1.82) is 0 Å². The van der Waals surface area contributed by atoms with E-state index >= 15 is 0 Å². The molecule has 0 saturated carbocycles. The van der Waals surface area contributed by atoms with E-state index in [0.717, 1.165) is 36.0 Å². The molecular weight excluding hydrogens is 404 g/mol. The first-order chi connectivity index (χ1) is 15.7. The second kappa shape index (κ2) is 12.7. The molecule has 6 nitrogen and oxygen atoms in total. The summed E-state index contributed by atoms with van der Waals surface area (Å²) in [6.07, 6.45) is 9.71. The number of carbonyl (C=O) groups is 1. The second-order valence-electron chi connectivity index (χ2n) is 6.99. The molecule has 0 saturated heterocycles. The molecule has 0 bridgehead atoms. The van der Waals surface area contributed by atoms with Crippen LogP contribution in [0, 0.1) is 0 Å². The smallest absolute Gasteiger partial charge is 0.341 e. The molecule has 4 rings (SSSR count). The van der Waals surface area contributed by atoms with Crippen molar-refractivity contribution < 1.29 is 19.5 Å². The first-order valence-corrected chi connectivity index (χ1v) is 10.5. The van der Waals surface area contributed by atoms with Gasteiger partial charge >= 0.3 is 5.97 Å². The third-order valence-electron chi connectivity index (χ3n) is 4.71. The Balaban J connectivity index is 0.000000416. The van der Waals surface area contributed by atoms with Gasteiger partial charge in [0.05, 0.1) is 6.21 Å². The molecule has 1 aliphatic carbocycles. The number of oxime groups is 1. The summed E-state index contributed by atoms with van der Waals surface area (Å²) in [5, 5.41) is 12.8. The van der Waals surface area contributed by atoms with E-state index in [9.17, 15) is 4.79 Å². The number of aliphatic carboxylic acids is 1. The zero-order chi connectivity index (χ0) is 22.4. The van der Waals surface area contributed by atoms with Crippen molar-refractivity contribution >= 4 is 17.8 Å². The Labute approximate surface area is 187 Å². The van der Waals surface area contributed by atoms with Crippen molar-refractivity contribution in [2.24, 2.45) is 5.16 Å². The van der Waals surface area contributed by atoms with E-state index in [-0.39, 0.29) is 6.61 Å². The summed E-state index contributed by atoms with van der Waals surface area (Å²) in [6, 6.07) is 21.5. The van der Waals surface area contributed by atoms with E-state index in [2.05, 4.69) is 16.2 Å². The fourth-order valence-electron chi connectivity index (χ4n) is 3.28. The maximum atomic E-state index is 10.7. The number of benzene rings is 2. The summed E-state index contributed by atoms with van der Waals surface area (Å²) in [6.45, 7) is 0.129. The van der Waals surface area contributed by atoms with E-state index in [1.807, 2.05) is 66.7 Å². The summed E-state index contributed by atoms with van der Waals surface area (Å²) in [7, 11) is 0. The van der Waals surface area contributed by atoms with Gasteiger partial charge in [-0.1, -0.05) is 65.8 Å². The average Bonchev–Trinajstić information content (AvgIpc) is 2.84. The lowest BCUT2D eigenvalue weighted by atomic mass is 9.89. The van der Waals surface area contributed by atoms with Gasteiger partial charge in [-0.2, -0.15) is 0 Å². The lowest BCUT2D eigenvalue weighted by Crippen LogP contribution is -2.12. The number of rotatable bonds is 8. The number of hydrogen-bond donors (Lipinski definition) is 1. The fourth-order valence-corrected chi connectivity index (χ4v) is 3.28. The van der Waals surface area contributed by atoms with Crippen LogP contribution in [-0.4, -0.2) is 35.5 Å². The predicted molar refractivity (Wildman–Crippen MR) is 125 cm³/mol. The summed E-state index contributed by atoms with van der Waals surface area (Å²) in [4.78, 5) is 20.1. The summed E-state index contributed by atoms with van der Waals surface area (Å²) in [5.74, 6) is -0.333. The highest BCUT2D eigenvalue weighted by atomic mass is 16.6. The van der Waals surface area contributed by atoms with Crippen LogP contribution in [0.4, 0.5) is 0 Å². The van der Waals surface area contributed by atoms with Crippen LogP contribution in [0.15, 0.2) is 90.4 Å². The first-order valence-electron chi connectivity index (χ1n) is 10.5. The maximum absolute atomic E-state index is 10.7. The number of aromatic nitrogens is 1. The fraction of sp³-hybridized carbons (Fsp3) is 0.192. The summed E-state index contributed by atoms with van der Waals surface area (Å²) in [5.41, 5.74) is 4.21. The van der Waals surface area contributed by atoms with Gasteiger partial charge in [0.15, 0.2) is 6.61 Å². The van der Waals surface area contributed by atoms with Crippen molar-refractivity contribution in [2.75, 3.05) is 13.2 Å². The molecule has 0 spiro atoms. The molecule has 3 aromatic rings. The molecule has 0 aliphatic heterocycles. The Hall–Kier alpha value is -3.93. The molecule has 2 aromatic carbocycles. The normalized spacial score (nSPS) is 12.2. The van der Waals surface area contributed by atoms with Crippen molar-refractivity contribution in [1.82, 2.24) is 4.98 Å². The van der Waals surface area contributed by atoms with Gasteiger partial charge in [0, 0.05) is 29.9 Å². The van der Waals surface area contributed by atoms with Gasteiger partial charge in [-0.3, -0.25) is 4.98 Å². The highest BCUT2D eigenvalue weighted by molar-refractivity contribution is 5.78. The van der Waals surface area contributed by atoms with Crippen molar-refractivity contribution in [3.63, 3.8) is 0 Å². The number of allylic oxidation sites excluding steroid dienone is 1. The SMILES string of the molecule is O=C(O)COc1cccc2c1CCC=C2CCO/N=C/c1cccnc1.c1ccccc1. The van der Waals surface area contributed by atoms with E-state index in [0.29, 0.717) is 12.4 Å². The number of carboxylic acid groups (broad SMARTS) is 1. The van der Waals surface area contributed by atoms with Crippen LogP contribution in [0.25, 0.3) is 5.57 Å². The third kappa shape index (κ3) is 7.40. The number of carboxylic acids is 1. The summed E-state index contributed by atoms with van der Waals surface area (Å²) >= 11 is 0.